The fourth-order valence-electron chi connectivity index (χ4n) is 1.90. The van der Waals surface area contributed by atoms with Gasteiger partial charge in [0.05, 0.1) is 16.1 Å². The molecule has 5 nitrogen and oxygen atoms in total. The van der Waals surface area contributed by atoms with E-state index >= 15 is 0 Å². The number of benzene rings is 1. The standard InChI is InChI=1S/C13H11ClF3N3O2/c1-5(12(18)22)19-9-4-10(21)20-11-7(9)2-6(3-8(11)14)13(15,16)17/h2-5H,1H3,(H2,18,22)(H2,19,20,21)/t5-/m0/s1. The number of carbonyl (C=O) groups is 1. The van der Waals surface area contributed by atoms with Crippen LogP contribution in [0.5, 0.6) is 0 Å². The first-order valence-corrected chi connectivity index (χ1v) is 6.47. The third-order valence-electron chi connectivity index (χ3n) is 3.03. The molecule has 2 rings (SSSR count). The fraction of sp³-hybridized carbons (Fsp3) is 0.231. The third-order valence-corrected chi connectivity index (χ3v) is 3.33. The minimum atomic E-state index is -4.60. The van der Waals surface area contributed by atoms with Gasteiger partial charge in [0.25, 0.3) is 5.56 Å². The highest BCUT2D eigenvalue weighted by molar-refractivity contribution is 6.35. The Hall–Kier alpha value is -2.22. The summed E-state index contributed by atoms with van der Waals surface area (Å²) in [6.45, 7) is 1.42. The highest BCUT2D eigenvalue weighted by Gasteiger charge is 2.31. The van der Waals surface area contributed by atoms with Gasteiger partial charge in [-0.1, -0.05) is 11.6 Å². The number of aromatic nitrogens is 1. The second kappa shape index (κ2) is 5.53. The lowest BCUT2D eigenvalue weighted by atomic mass is 10.1. The van der Waals surface area contributed by atoms with Crippen molar-refractivity contribution in [1.82, 2.24) is 4.98 Å². The number of nitrogens with one attached hydrogen (secondary N) is 2. The van der Waals surface area contributed by atoms with Crippen molar-refractivity contribution < 1.29 is 18.0 Å². The Bertz CT molecular complexity index is 801. The fourth-order valence-corrected chi connectivity index (χ4v) is 2.17. The molecule has 22 heavy (non-hydrogen) atoms. The molecule has 0 bridgehead atoms. The van der Waals surface area contributed by atoms with Crippen LogP contribution in [0.1, 0.15) is 12.5 Å². The molecule has 1 heterocycles. The molecule has 0 radical (unpaired) electrons. The summed E-state index contributed by atoms with van der Waals surface area (Å²) in [6.07, 6.45) is -4.60. The van der Waals surface area contributed by atoms with Crippen LogP contribution in [0.2, 0.25) is 5.02 Å². The summed E-state index contributed by atoms with van der Waals surface area (Å²) < 4.78 is 38.6. The molecular weight excluding hydrogens is 323 g/mol. The lowest BCUT2D eigenvalue weighted by Crippen LogP contribution is -2.32. The average Bonchev–Trinajstić information content (AvgIpc) is 2.38. The van der Waals surface area contributed by atoms with Crippen LogP contribution in [0.25, 0.3) is 10.9 Å². The number of halogens is 4. The molecule has 4 N–H and O–H groups in total. The van der Waals surface area contributed by atoms with Gasteiger partial charge in [-0.2, -0.15) is 13.2 Å². The topological polar surface area (TPSA) is 88.0 Å². The van der Waals surface area contributed by atoms with E-state index in [1.807, 2.05) is 0 Å². The molecule has 0 fully saturated rings. The van der Waals surface area contributed by atoms with Gasteiger partial charge in [-0.25, -0.2) is 0 Å². The second-order valence-corrected chi connectivity index (χ2v) is 5.10. The Kier molecular flexibility index (Phi) is 4.06. The van der Waals surface area contributed by atoms with E-state index in [1.165, 1.54) is 6.92 Å². The van der Waals surface area contributed by atoms with Crippen LogP contribution in [-0.4, -0.2) is 16.9 Å². The molecule has 0 aliphatic carbocycles. The van der Waals surface area contributed by atoms with E-state index in [0.717, 1.165) is 18.2 Å². The van der Waals surface area contributed by atoms with Gasteiger partial charge in [-0.15, -0.1) is 0 Å². The minimum absolute atomic E-state index is 0.0347. The van der Waals surface area contributed by atoms with Gasteiger partial charge in [0.2, 0.25) is 5.91 Å². The Morgan fingerprint density at radius 3 is 2.55 bits per heavy atom. The lowest BCUT2D eigenvalue weighted by Gasteiger charge is -2.16. The predicted molar refractivity (Wildman–Crippen MR) is 76.9 cm³/mol. The van der Waals surface area contributed by atoms with Crippen LogP contribution in [0.15, 0.2) is 23.0 Å². The van der Waals surface area contributed by atoms with Gasteiger partial charge in [0, 0.05) is 17.1 Å². The average molecular weight is 334 g/mol. The van der Waals surface area contributed by atoms with Crippen molar-refractivity contribution in [2.45, 2.75) is 19.1 Å². The van der Waals surface area contributed by atoms with Crippen molar-refractivity contribution in [3.63, 3.8) is 0 Å². The summed E-state index contributed by atoms with van der Waals surface area (Å²) in [7, 11) is 0. The number of nitrogens with two attached hydrogens (primary N) is 1. The first-order chi connectivity index (χ1) is 10.1. The number of rotatable bonds is 3. The summed E-state index contributed by atoms with van der Waals surface area (Å²) in [5, 5.41) is 2.39. The molecule has 0 aliphatic heterocycles. The zero-order chi connectivity index (χ0) is 16.7. The number of pyridine rings is 1. The van der Waals surface area contributed by atoms with Crippen molar-refractivity contribution in [2.24, 2.45) is 5.73 Å². The van der Waals surface area contributed by atoms with Gasteiger partial charge in [0.15, 0.2) is 0 Å². The van der Waals surface area contributed by atoms with Crippen molar-refractivity contribution in [3.8, 4) is 0 Å². The molecule has 118 valence electrons. The monoisotopic (exact) mass is 333 g/mol. The van der Waals surface area contributed by atoms with Crippen LogP contribution < -0.4 is 16.6 Å². The number of fused-ring (bicyclic) bond motifs is 1. The van der Waals surface area contributed by atoms with E-state index in [0.29, 0.717) is 0 Å². The minimum Gasteiger partial charge on any atom is -0.373 e. The molecule has 1 aromatic carbocycles. The molecule has 1 aromatic heterocycles. The smallest absolute Gasteiger partial charge is 0.373 e. The number of aromatic amines is 1. The van der Waals surface area contributed by atoms with Crippen LogP contribution in [-0.2, 0) is 11.0 Å². The molecule has 0 saturated heterocycles. The SMILES string of the molecule is C[C@H](Nc1cc(=O)[nH]c2c(Cl)cc(C(F)(F)F)cc12)C(N)=O. The first-order valence-electron chi connectivity index (χ1n) is 6.09. The maximum Gasteiger partial charge on any atom is 0.416 e. The van der Waals surface area contributed by atoms with E-state index < -0.39 is 29.2 Å². The van der Waals surface area contributed by atoms with Gasteiger partial charge in [0.1, 0.15) is 6.04 Å². The number of anilines is 1. The van der Waals surface area contributed by atoms with E-state index in [-0.39, 0.29) is 21.6 Å². The van der Waals surface area contributed by atoms with Gasteiger partial charge < -0.3 is 16.0 Å². The molecule has 0 unspecified atom stereocenters. The number of alkyl halides is 3. The maximum atomic E-state index is 12.9. The molecule has 9 heteroatoms. The van der Waals surface area contributed by atoms with Crippen LogP contribution in [0.4, 0.5) is 18.9 Å². The normalized spacial score (nSPS) is 13.1. The van der Waals surface area contributed by atoms with Gasteiger partial charge >= 0.3 is 6.18 Å². The third kappa shape index (κ3) is 3.16. The quantitative estimate of drug-likeness (QED) is 0.806. The molecule has 1 amide bonds. The number of H-pyrrole nitrogens is 1. The predicted octanol–water partition coefficient (Wildman–Crippen LogP) is 2.49. The molecule has 2 aromatic rings. The summed E-state index contributed by atoms with van der Waals surface area (Å²) in [4.78, 5) is 25.1. The van der Waals surface area contributed by atoms with Crippen molar-refractivity contribution in [2.75, 3.05) is 5.32 Å². The van der Waals surface area contributed by atoms with Crippen LogP contribution >= 0.6 is 11.6 Å². The molecule has 0 saturated carbocycles. The van der Waals surface area contributed by atoms with Crippen LogP contribution in [0.3, 0.4) is 0 Å². The van der Waals surface area contributed by atoms with E-state index in [2.05, 4.69) is 10.3 Å². The summed E-state index contributed by atoms with van der Waals surface area (Å²) in [5.41, 5.74) is 3.64. The van der Waals surface area contributed by atoms with Gasteiger partial charge in [-0.3, -0.25) is 9.59 Å². The lowest BCUT2D eigenvalue weighted by molar-refractivity contribution is -0.137. The summed E-state index contributed by atoms with van der Waals surface area (Å²) >= 11 is 5.82. The Morgan fingerprint density at radius 1 is 1.36 bits per heavy atom. The maximum absolute atomic E-state index is 12.9. The molecule has 0 spiro atoms. The molecular formula is C13H11ClF3N3O2. The van der Waals surface area contributed by atoms with Crippen LogP contribution in [0, 0.1) is 0 Å². The summed E-state index contributed by atoms with van der Waals surface area (Å²) in [6, 6.07) is 1.73. The van der Waals surface area contributed by atoms with Crippen molar-refractivity contribution in [3.05, 3.63) is 39.1 Å². The summed E-state index contributed by atoms with van der Waals surface area (Å²) in [5.74, 6) is -0.716. The largest absolute Gasteiger partial charge is 0.416 e. The first kappa shape index (κ1) is 16.2. The number of hydrogen-bond donors (Lipinski definition) is 3. The highest BCUT2D eigenvalue weighted by atomic mass is 35.5. The Balaban J connectivity index is 2.72. The second-order valence-electron chi connectivity index (χ2n) is 4.69. The van der Waals surface area contributed by atoms with E-state index in [9.17, 15) is 22.8 Å². The zero-order valence-electron chi connectivity index (χ0n) is 11.2. The Morgan fingerprint density at radius 2 is 2.00 bits per heavy atom. The molecule has 1 atom stereocenters. The number of amides is 1. The number of hydrogen-bond acceptors (Lipinski definition) is 3. The highest BCUT2D eigenvalue weighted by Crippen LogP contribution is 2.36. The number of carbonyl (C=O) groups excluding carboxylic acids is 1. The Labute approximate surface area is 127 Å². The van der Waals surface area contributed by atoms with Gasteiger partial charge in [-0.05, 0) is 19.1 Å². The van der Waals surface area contributed by atoms with E-state index in [4.69, 9.17) is 17.3 Å². The van der Waals surface area contributed by atoms with Crippen molar-refractivity contribution in [1.29, 1.82) is 0 Å². The van der Waals surface area contributed by atoms with E-state index in [1.54, 1.807) is 0 Å². The molecule has 0 aliphatic rings. The van der Waals surface area contributed by atoms with Crippen molar-refractivity contribution >= 4 is 34.1 Å². The zero-order valence-corrected chi connectivity index (χ0v) is 12.0. The number of primary amides is 1.